The van der Waals surface area contributed by atoms with E-state index in [1.165, 1.54) is 67.1 Å². The number of carbonyl (C=O) groups is 9. The number of aryl methyl sites for hydroxylation is 5. The third-order valence-electron chi connectivity index (χ3n) is 11.3. The molecule has 0 fully saturated rings. The fraction of sp³-hybridized carbons (Fsp3) is 0.469. The first-order valence-corrected chi connectivity index (χ1v) is 25.1. The minimum atomic E-state index is -4.44. The first-order valence-electron chi connectivity index (χ1n) is 25.1. The van der Waals surface area contributed by atoms with E-state index in [1.807, 2.05) is 0 Å². The molecule has 0 aliphatic heterocycles. The number of aromatic nitrogens is 8. The van der Waals surface area contributed by atoms with Crippen LogP contribution in [-0.2, 0) is 54.4 Å². The van der Waals surface area contributed by atoms with E-state index >= 15 is 0 Å². The highest BCUT2D eigenvalue weighted by Gasteiger charge is 2.30. The molecule has 0 atom stereocenters. The molecule has 0 spiro atoms. The average molecular weight is 1130 g/mol. The van der Waals surface area contributed by atoms with Crippen LogP contribution in [0.5, 0.6) is 0 Å². The number of nitrogens with zero attached hydrogens (tertiary/aromatic N) is 9. The van der Waals surface area contributed by atoms with E-state index in [1.54, 1.807) is 65.9 Å². The van der Waals surface area contributed by atoms with Crippen molar-refractivity contribution < 1.29 is 61.1 Å². The van der Waals surface area contributed by atoms with Crippen LogP contribution in [0.1, 0.15) is 106 Å². The van der Waals surface area contributed by atoms with E-state index in [9.17, 15) is 56.3 Å². The maximum absolute atomic E-state index is 13.2. The molecule has 5 aromatic heterocycles. The summed E-state index contributed by atoms with van der Waals surface area (Å²) in [6.07, 6.45) is 3.89. The lowest BCUT2D eigenvalue weighted by molar-refractivity contribution is -0.146. The molecule has 0 aliphatic carbocycles. The number of halogens is 3. The van der Waals surface area contributed by atoms with E-state index in [0.717, 1.165) is 0 Å². The van der Waals surface area contributed by atoms with Crippen LogP contribution in [0.3, 0.4) is 0 Å². The van der Waals surface area contributed by atoms with Gasteiger partial charge in [-0.3, -0.25) is 43.3 Å². The Balaban J connectivity index is 0.967. The van der Waals surface area contributed by atoms with Gasteiger partial charge < -0.3 is 75.4 Å². The van der Waals surface area contributed by atoms with Crippen LogP contribution in [-0.4, -0.2) is 160 Å². The number of alkyl carbamates (subject to hydrolysis) is 1. The monoisotopic (exact) mass is 1120 g/mol. The predicted molar refractivity (Wildman–Crippen MR) is 283 cm³/mol. The fourth-order valence-corrected chi connectivity index (χ4v) is 7.64. The van der Waals surface area contributed by atoms with Crippen molar-refractivity contribution in [3.8, 4) is 0 Å². The molecule has 5 heterocycles. The number of alkyl halides is 3. The minimum Gasteiger partial charge on any atom is -0.444 e. The molecule has 80 heavy (non-hydrogen) atoms. The molecule has 0 unspecified atom stereocenters. The Morgan fingerprint density at radius 1 is 0.525 bits per heavy atom. The van der Waals surface area contributed by atoms with E-state index in [0.29, 0.717) is 5.69 Å². The number of ether oxygens (including phenoxy) is 1. The van der Waals surface area contributed by atoms with Crippen molar-refractivity contribution in [2.45, 2.75) is 64.7 Å². The fourth-order valence-electron chi connectivity index (χ4n) is 7.64. The van der Waals surface area contributed by atoms with Crippen molar-refractivity contribution in [2.75, 3.05) is 73.6 Å². The van der Waals surface area contributed by atoms with Gasteiger partial charge in [-0.1, -0.05) is 0 Å². The smallest absolute Gasteiger partial charge is 0.407 e. The lowest BCUT2D eigenvalue weighted by Gasteiger charge is -2.24. The van der Waals surface area contributed by atoms with Gasteiger partial charge in [0.25, 0.3) is 29.5 Å². The third kappa shape index (κ3) is 19.8. The summed E-state index contributed by atoms with van der Waals surface area (Å²) in [5, 5.41) is 23.5. The number of nitrogens with one attached hydrogen (secondary N) is 9. The maximum Gasteiger partial charge on any atom is 0.407 e. The van der Waals surface area contributed by atoms with Gasteiger partial charge in [0.1, 0.15) is 17.0 Å². The molecule has 0 radical (unpaired) electrons. The van der Waals surface area contributed by atoms with Crippen LogP contribution >= 0.6 is 0 Å². The molecule has 5 aromatic rings. The van der Waals surface area contributed by atoms with Crippen LogP contribution in [0.25, 0.3) is 0 Å². The molecular formula is C49H67F3N18O10. The third-order valence-corrected chi connectivity index (χ3v) is 11.3. The Morgan fingerprint density at radius 2 is 0.975 bits per heavy atom. The number of amides is 9. The van der Waals surface area contributed by atoms with Crippen LogP contribution in [0.15, 0.2) is 49.3 Å². The van der Waals surface area contributed by atoms with E-state index < -0.39 is 71.7 Å². The van der Waals surface area contributed by atoms with E-state index in [2.05, 4.69) is 62.8 Å². The number of imidazole rings is 3. The summed E-state index contributed by atoms with van der Waals surface area (Å²) in [4.78, 5) is 128. The molecule has 434 valence electrons. The van der Waals surface area contributed by atoms with Crippen molar-refractivity contribution in [2.24, 2.45) is 35.2 Å². The zero-order chi connectivity index (χ0) is 58.9. The average Bonchev–Trinajstić information content (AvgIpc) is 4.24. The minimum absolute atomic E-state index is 0.0328. The highest BCUT2D eigenvalue weighted by Crippen LogP contribution is 2.19. The Bertz CT molecular complexity index is 3040. The number of hydrogen-bond donors (Lipinski definition) is 9. The van der Waals surface area contributed by atoms with Crippen LogP contribution in [0, 0.1) is 0 Å². The molecule has 0 aromatic carbocycles. The Morgan fingerprint density at radius 3 is 1.44 bits per heavy atom. The molecule has 0 saturated carbocycles. The van der Waals surface area contributed by atoms with Crippen molar-refractivity contribution in [3.63, 3.8) is 0 Å². The van der Waals surface area contributed by atoms with E-state index in [-0.39, 0.29) is 124 Å². The van der Waals surface area contributed by atoms with Gasteiger partial charge in [0.2, 0.25) is 29.4 Å². The Labute approximate surface area is 457 Å². The molecule has 9 amide bonds. The normalized spacial score (nSPS) is 11.4. The number of hydrogen-bond acceptors (Lipinski definition) is 14. The number of rotatable bonds is 27. The molecular weight excluding hydrogens is 1060 g/mol. The highest BCUT2D eigenvalue weighted by atomic mass is 19.4. The van der Waals surface area contributed by atoms with Gasteiger partial charge in [-0.25, -0.2) is 19.7 Å². The maximum atomic E-state index is 13.2. The molecule has 0 bridgehead atoms. The van der Waals surface area contributed by atoms with Gasteiger partial charge in [-0.2, -0.15) is 13.2 Å². The second kappa shape index (κ2) is 28.0. The number of anilines is 4. The zero-order valence-electron chi connectivity index (χ0n) is 45.6. The van der Waals surface area contributed by atoms with Crippen LogP contribution in [0.4, 0.5) is 41.0 Å². The summed E-state index contributed by atoms with van der Waals surface area (Å²) in [6.45, 7) is 3.98. The Hall–Kier alpha value is -9.03. The van der Waals surface area contributed by atoms with Crippen molar-refractivity contribution >= 4 is 76.4 Å². The SMILES string of the molecule is Cn1cc(NC(=O)c2nc(NC(=O)CCNC(=O)c3cc(NC(=O)c4nccn4C)cn3C)cn2C)cc1C(=O)NCCC(=O)Nc1cn(C)c(C(=O)NCCC(=O)NCCCN(CCCNC(=O)OC(C)(C)C)CC(F)(F)F)n1. The quantitative estimate of drug-likeness (QED) is 0.0340. The summed E-state index contributed by atoms with van der Waals surface area (Å²) in [7, 11) is 7.93. The Kier molecular flexibility index (Phi) is 21.7. The topological polar surface area (TPSA) is 338 Å². The predicted octanol–water partition coefficient (Wildman–Crippen LogP) is 1.99. The molecule has 0 aliphatic rings. The molecule has 9 N–H and O–H groups in total. The molecule has 5 rings (SSSR count). The standard InChI is InChI=1S/C49H67F3N18O10/c1-48(2,3)80-47(79)58-15-10-21-70(29-49(50,51)52)20-9-14-53-36(71)11-16-57-44(76)40-63-34(27-68(40)7)61-37(72)12-17-56-43(75)33-24-31(26-67(33)6)60-46(78)41-64-35(28-69(41)8)62-38(73)13-18-55-42(74)32-23-30(25-66(32)5)59-45(77)39-54-19-22-65(39)4/h19,22-28H,9-18,20-21,29H2,1-8H3,(H,53,71)(H,55,74)(H,56,75)(H,57,76)(H,58,79)(H,59,77)(H,60,78)(H,61,72)(H,62,73). The summed E-state index contributed by atoms with van der Waals surface area (Å²) in [5.74, 6) is -4.12. The number of carbonyl (C=O) groups excluding carboxylic acids is 9. The second-order valence-corrected chi connectivity index (χ2v) is 19.3. The lowest BCUT2D eigenvalue weighted by Crippen LogP contribution is -2.39. The van der Waals surface area contributed by atoms with Gasteiger partial charge >= 0.3 is 12.3 Å². The van der Waals surface area contributed by atoms with Gasteiger partial charge in [0.15, 0.2) is 17.5 Å². The first kappa shape index (κ1) is 61.8. The largest absolute Gasteiger partial charge is 0.444 e. The lowest BCUT2D eigenvalue weighted by atomic mass is 10.2. The summed E-state index contributed by atoms with van der Waals surface area (Å²) < 4.78 is 51.9. The van der Waals surface area contributed by atoms with Crippen LogP contribution in [0.2, 0.25) is 0 Å². The highest BCUT2D eigenvalue weighted by molar-refractivity contribution is 6.04. The summed E-state index contributed by atoms with van der Waals surface area (Å²) >= 11 is 0. The molecule has 31 heteroatoms. The van der Waals surface area contributed by atoms with E-state index in [4.69, 9.17) is 4.74 Å². The summed E-state index contributed by atoms with van der Waals surface area (Å²) in [6, 6.07) is 2.90. The molecule has 28 nitrogen and oxygen atoms in total. The second-order valence-electron chi connectivity index (χ2n) is 19.3. The first-order chi connectivity index (χ1) is 37.6. The van der Waals surface area contributed by atoms with Gasteiger partial charge in [0, 0.05) is 137 Å². The van der Waals surface area contributed by atoms with Crippen molar-refractivity contribution in [1.82, 2.24) is 69.3 Å². The van der Waals surface area contributed by atoms with Gasteiger partial charge in [-0.15, -0.1) is 0 Å². The molecule has 0 saturated heterocycles. The van der Waals surface area contributed by atoms with Crippen molar-refractivity contribution in [1.29, 1.82) is 0 Å². The van der Waals surface area contributed by atoms with Crippen LogP contribution < -0.4 is 47.9 Å². The van der Waals surface area contributed by atoms with Gasteiger partial charge in [-0.05, 0) is 45.7 Å². The van der Waals surface area contributed by atoms with Crippen molar-refractivity contribution in [3.05, 3.63) is 78.2 Å². The summed E-state index contributed by atoms with van der Waals surface area (Å²) in [5.41, 5.74) is 0.284. The zero-order valence-corrected chi connectivity index (χ0v) is 45.6. The van der Waals surface area contributed by atoms with Gasteiger partial charge in [0.05, 0.1) is 17.9 Å².